The number of carbonyl (C=O) groups excluding carboxylic acids is 2. The second-order valence-electron chi connectivity index (χ2n) is 17.9. The van der Waals surface area contributed by atoms with Crippen molar-refractivity contribution in [2.45, 2.75) is 107 Å². The maximum Gasteiger partial charge on any atom is 0.407 e. The van der Waals surface area contributed by atoms with Gasteiger partial charge in [-0.2, -0.15) is 0 Å². The zero-order valence-corrected chi connectivity index (χ0v) is 47.3. The lowest BCUT2D eigenvalue weighted by Crippen LogP contribution is -2.33. The first-order valence-electron chi connectivity index (χ1n) is 23.5. The number of nitrogens with zero attached hydrogens (tertiary/aromatic N) is 2. The molecule has 2 atom stereocenters. The molecule has 0 saturated carbocycles. The number of aryl methyl sites for hydroxylation is 1. The number of nitrogens with one attached hydrogen (secondary N) is 2. The van der Waals surface area contributed by atoms with Crippen LogP contribution in [0.4, 0.5) is 9.59 Å². The standard InChI is InChI=1S/C26H35N2O5P.C25H33N2O6P.CH3ClO2S.CH4/c1-7-22-18-21(19-24(28-22)34(6,30)32-8-2)11-10-20-12-14-23(15-13-20)31-17-9-16-27-25(29)33-26(3,4)5;1-6-32-34(5,30)23-17-20(16-21(18-28)27-23)9-8-19-10-12-22(13-11-19)31-15-7-14-26-24(29)33-25(2,3)4;1-5(2,3)4;/h12-15,18-19H,7-9,16-17H2,1-6H3,(H,27,29);10-13,16-17,28H,6-7,14-15,18H2,1-5H3,(H,26,29);1H3;1H4. The topological polar surface area (TPSA) is 228 Å². The van der Waals surface area contributed by atoms with Gasteiger partial charge in [0, 0.05) is 65.0 Å². The fraction of sp³-hybridized carbons (Fsp3) is 0.472. The van der Waals surface area contributed by atoms with Crippen LogP contribution in [-0.4, -0.2) is 106 Å². The van der Waals surface area contributed by atoms with Crippen LogP contribution in [-0.2, 0) is 49.7 Å². The number of carbonyl (C=O) groups is 2. The number of pyridine rings is 2. The number of benzene rings is 2. The maximum atomic E-state index is 12.8. The van der Waals surface area contributed by atoms with Gasteiger partial charge < -0.3 is 43.7 Å². The zero-order valence-electron chi connectivity index (χ0n) is 43.9. The summed E-state index contributed by atoms with van der Waals surface area (Å²) in [4.78, 5) is 31.9. The van der Waals surface area contributed by atoms with Gasteiger partial charge in [0.25, 0.3) is 0 Å². The number of aliphatic hydroxyl groups is 1. The molecule has 4 rings (SSSR count). The van der Waals surface area contributed by atoms with E-state index in [-0.39, 0.29) is 19.5 Å². The van der Waals surface area contributed by atoms with Crippen molar-refractivity contribution in [3.05, 3.63) is 106 Å². The van der Waals surface area contributed by atoms with Crippen molar-refractivity contribution in [3.8, 4) is 35.2 Å². The molecule has 0 radical (unpaired) electrons. The Morgan fingerprint density at radius 2 is 0.973 bits per heavy atom. The van der Waals surface area contributed by atoms with Gasteiger partial charge in [0.05, 0.1) is 45.0 Å². The van der Waals surface area contributed by atoms with Crippen LogP contribution < -0.4 is 31.0 Å². The first kappa shape index (κ1) is 66.6. The molecule has 0 fully saturated rings. The maximum absolute atomic E-state index is 12.8. The molecule has 0 aliphatic heterocycles. The van der Waals surface area contributed by atoms with Crippen LogP contribution in [0.1, 0.15) is 116 Å². The van der Waals surface area contributed by atoms with E-state index in [2.05, 4.69) is 55.0 Å². The van der Waals surface area contributed by atoms with Gasteiger partial charge in [-0.3, -0.25) is 9.13 Å². The van der Waals surface area contributed by atoms with E-state index < -0.39 is 47.2 Å². The third kappa shape index (κ3) is 29.5. The van der Waals surface area contributed by atoms with Gasteiger partial charge in [-0.1, -0.05) is 38.0 Å². The SMILES string of the molecule is C.CCOP(C)(=O)c1cc(C#Cc2ccc(OCCCNC(=O)OC(C)(C)C)cc2)cc(CC)n1.CCOP(C)(=O)c1cc(C#Cc2ccc(OCCCNC(=O)OC(C)(C)C)cc2)cc(CO)n1.CS(=O)(=O)Cl. The van der Waals surface area contributed by atoms with Gasteiger partial charge in [-0.15, -0.1) is 0 Å². The third-order valence-corrected chi connectivity index (χ3v) is 12.4. The van der Waals surface area contributed by atoms with Crippen LogP contribution in [0.15, 0.2) is 72.8 Å². The lowest BCUT2D eigenvalue weighted by atomic mass is 10.1. The van der Waals surface area contributed by atoms with Crippen molar-refractivity contribution in [2.75, 3.05) is 59.1 Å². The van der Waals surface area contributed by atoms with E-state index in [1.807, 2.05) is 110 Å². The van der Waals surface area contributed by atoms with Crippen molar-refractivity contribution in [2.24, 2.45) is 0 Å². The summed E-state index contributed by atoms with van der Waals surface area (Å²) in [6.45, 7) is 21.8. The van der Waals surface area contributed by atoms with Gasteiger partial charge in [0.2, 0.25) is 23.8 Å². The number of amides is 2. The molecule has 4 aromatic rings. The van der Waals surface area contributed by atoms with Crippen LogP contribution in [0.2, 0.25) is 0 Å². The Bertz CT molecular complexity index is 2560. The van der Waals surface area contributed by atoms with Crippen LogP contribution >= 0.6 is 25.4 Å². The molecule has 2 aromatic carbocycles. The van der Waals surface area contributed by atoms with E-state index in [1.54, 1.807) is 31.8 Å². The first-order chi connectivity index (χ1) is 34.0. The highest BCUT2D eigenvalue weighted by molar-refractivity contribution is 8.13. The Kier molecular flexibility index (Phi) is 28.9. The minimum atomic E-state index is -3.19. The second-order valence-corrected chi connectivity index (χ2v) is 25.8. The summed E-state index contributed by atoms with van der Waals surface area (Å²) in [6.07, 6.45) is 2.07. The van der Waals surface area contributed by atoms with Gasteiger partial charge in [0.1, 0.15) is 33.6 Å². The fourth-order valence-electron chi connectivity index (χ4n) is 5.68. The summed E-state index contributed by atoms with van der Waals surface area (Å²) in [5, 5.41) is 14.9. The van der Waals surface area contributed by atoms with Crippen LogP contribution in [0.3, 0.4) is 0 Å². The number of ether oxygens (including phenoxy) is 4. The molecule has 2 aromatic heterocycles. The van der Waals surface area contributed by atoms with Crippen LogP contribution in [0.25, 0.3) is 0 Å². The Hall–Kier alpha value is -5.42. The predicted octanol–water partition coefficient (Wildman–Crippen LogP) is 9.57. The van der Waals surface area contributed by atoms with Gasteiger partial charge >= 0.3 is 12.2 Å². The van der Waals surface area contributed by atoms with Gasteiger partial charge in [0.15, 0.2) is 0 Å². The highest BCUT2D eigenvalue weighted by Crippen LogP contribution is 2.41. The Balaban J connectivity index is 0.000000669. The monoisotopic (exact) mass is 1100 g/mol. The summed E-state index contributed by atoms with van der Waals surface area (Å²) in [7, 11) is -4.74. The molecular weight excluding hydrogens is 1030 g/mol. The zero-order chi connectivity index (χ0) is 54.9. The number of aromatic nitrogens is 2. The minimum Gasteiger partial charge on any atom is -0.494 e. The lowest BCUT2D eigenvalue weighted by Gasteiger charge is -2.19. The number of hydrogen-bond donors (Lipinski definition) is 3. The van der Waals surface area contributed by atoms with E-state index in [0.717, 1.165) is 34.4 Å². The Morgan fingerprint density at radius 1 is 0.635 bits per heavy atom. The Labute approximate surface area is 443 Å². The fourth-order valence-corrected chi connectivity index (χ4v) is 8.30. The largest absolute Gasteiger partial charge is 0.494 e. The number of halogens is 1. The number of alkyl carbamates (subject to hydrolysis) is 2. The third-order valence-electron chi connectivity index (χ3n) is 8.76. The second kappa shape index (κ2) is 32.1. The molecule has 0 aliphatic rings. The van der Waals surface area contributed by atoms with Crippen molar-refractivity contribution in [1.29, 1.82) is 0 Å². The van der Waals surface area contributed by atoms with Crippen molar-refractivity contribution < 1.29 is 60.2 Å². The predicted molar refractivity (Wildman–Crippen MR) is 294 cm³/mol. The highest BCUT2D eigenvalue weighted by Gasteiger charge is 2.23. The molecule has 0 bridgehead atoms. The molecule has 3 N–H and O–H groups in total. The normalized spacial score (nSPS) is 12.5. The van der Waals surface area contributed by atoms with Crippen LogP contribution in [0.5, 0.6) is 11.5 Å². The molecule has 0 spiro atoms. The summed E-state index contributed by atoms with van der Waals surface area (Å²) in [5.41, 5.74) is 3.86. The van der Waals surface area contributed by atoms with Gasteiger partial charge in [-0.05, 0) is 147 Å². The van der Waals surface area contributed by atoms with E-state index in [1.165, 1.54) is 6.66 Å². The number of rotatable bonds is 18. The van der Waals surface area contributed by atoms with Crippen molar-refractivity contribution in [1.82, 2.24) is 20.6 Å². The first-order valence-corrected chi connectivity index (χ1v) is 30.3. The molecule has 0 aliphatic carbocycles. The molecule has 21 heteroatoms. The van der Waals surface area contributed by atoms with Gasteiger partial charge in [-0.25, -0.2) is 28.0 Å². The quantitative estimate of drug-likeness (QED) is 0.0365. The molecule has 74 heavy (non-hydrogen) atoms. The van der Waals surface area contributed by atoms with Crippen molar-refractivity contribution >= 4 is 57.5 Å². The van der Waals surface area contributed by atoms with E-state index >= 15 is 0 Å². The van der Waals surface area contributed by atoms with Crippen molar-refractivity contribution in [3.63, 3.8) is 0 Å². The summed E-state index contributed by atoms with van der Waals surface area (Å²) in [5.74, 6) is 13.8. The van der Waals surface area contributed by atoms with E-state index in [0.29, 0.717) is 81.2 Å². The molecule has 2 unspecified atom stereocenters. The average molecular weight is 1110 g/mol. The molecule has 0 saturated heterocycles. The van der Waals surface area contributed by atoms with Crippen LogP contribution in [0, 0.1) is 23.7 Å². The average Bonchev–Trinajstić information content (AvgIpc) is 3.29. The number of hydrogen-bond acceptors (Lipinski definition) is 15. The summed E-state index contributed by atoms with van der Waals surface area (Å²) in [6, 6.07) is 21.7. The molecule has 2 heterocycles. The van der Waals surface area contributed by atoms with E-state index in [4.69, 9.17) is 28.0 Å². The smallest absolute Gasteiger partial charge is 0.407 e. The summed E-state index contributed by atoms with van der Waals surface area (Å²) >= 11 is 0. The molecule has 2 amide bonds. The molecule has 408 valence electrons. The minimum absolute atomic E-state index is 0. The highest BCUT2D eigenvalue weighted by atomic mass is 35.7. The summed E-state index contributed by atoms with van der Waals surface area (Å²) < 4.78 is 76.8. The van der Waals surface area contributed by atoms with E-state index in [9.17, 15) is 32.2 Å². The lowest BCUT2D eigenvalue weighted by molar-refractivity contribution is 0.0513. The Morgan fingerprint density at radius 3 is 1.30 bits per heavy atom. The molecule has 17 nitrogen and oxygen atoms in total. The number of aliphatic hydroxyl groups excluding tert-OH is 1. The molecular formula is C53H75ClN4O13P2S.